The molecule has 0 saturated carbocycles. The Bertz CT molecular complexity index is 1500. The molecule has 0 amide bonds. The minimum Gasteiger partial charge on any atom is -0.462 e. The number of benzene rings is 2. The summed E-state index contributed by atoms with van der Waals surface area (Å²) in [5, 5.41) is -0.453. The first-order valence-electron chi connectivity index (χ1n) is 13.2. The summed E-state index contributed by atoms with van der Waals surface area (Å²) in [4.78, 5) is 8.99. The molecule has 0 spiro atoms. The summed E-state index contributed by atoms with van der Waals surface area (Å²) in [7, 11) is -8.93. The lowest BCUT2D eigenvalue weighted by Gasteiger charge is -2.27. The fourth-order valence-corrected chi connectivity index (χ4v) is 7.55. The van der Waals surface area contributed by atoms with E-state index in [1.807, 2.05) is 20.8 Å². The maximum absolute atomic E-state index is 14.4. The number of carbonyl (C=O) groups excluding carboxylic acids is 1. The van der Waals surface area contributed by atoms with Gasteiger partial charge in [-0.25, -0.2) is 25.9 Å². The van der Waals surface area contributed by atoms with Crippen molar-refractivity contribution in [3.63, 3.8) is 0 Å². The number of piperidine rings is 1. The fraction of sp³-hybridized carbons (Fsp3) is 0.414. The largest absolute Gasteiger partial charge is 0.462 e. The molecule has 43 heavy (non-hydrogen) atoms. The summed E-state index contributed by atoms with van der Waals surface area (Å²) in [6.45, 7) is 13.8. The van der Waals surface area contributed by atoms with Crippen molar-refractivity contribution < 1.29 is 43.9 Å². The Hall–Kier alpha value is -3.07. The molecule has 14 heteroatoms. The van der Waals surface area contributed by atoms with Crippen LogP contribution in [0.15, 0.2) is 72.7 Å². The predicted octanol–water partition coefficient (Wildman–Crippen LogP) is 5.40. The second kappa shape index (κ2) is 14.6. The molecular formula is C29H36F4N2O6S2. The van der Waals surface area contributed by atoms with Crippen LogP contribution in [0.2, 0.25) is 0 Å². The quantitative estimate of drug-likeness (QED) is 0.201. The first-order chi connectivity index (χ1) is 19.9. The zero-order valence-corrected chi connectivity index (χ0v) is 25.7. The number of halogens is 4. The molecule has 2 N–H and O–H groups in total. The van der Waals surface area contributed by atoms with Crippen LogP contribution in [0.25, 0.3) is 0 Å². The SMILES string of the molecule is C=CC(c1cc(S(=O)(=O)C(C=C)c2ccccc2F)ccc1C(F)(F)F)S(=O)(=O)NC1CCNCC1.CC(C)(C)OC=O. The second-order valence-corrected chi connectivity index (χ2v) is 14.5. The number of sulfone groups is 1. The van der Waals surface area contributed by atoms with E-state index in [4.69, 9.17) is 0 Å². The van der Waals surface area contributed by atoms with Gasteiger partial charge in [0.25, 0.3) is 6.47 Å². The van der Waals surface area contributed by atoms with Crippen LogP contribution in [-0.2, 0) is 35.6 Å². The molecule has 2 aromatic rings. The van der Waals surface area contributed by atoms with Crippen LogP contribution in [0.1, 0.15) is 60.8 Å². The molecule has 1 fully saturated rings. The molecule has 0 bridgehead atoms. The van der Waals surface area contributed by atoms with Crippen molar-refractivity contribution in [3.8, 4) is 0 Å². The third kappa shape index (κ3) is 9.71. The Balaban J connectivity index is 0.000000821. The van der Waals surface area contributed by atoms with E-state index in [0.29, 0.717) is 44.5 Å². The molecule has 1 aliphatic heterocycles. The highest BCUT2D eigenvalue weighted by atomic mass is 32.2. The lowest BCUT2D eigenvalue weighted by atomic mass is 10.0. The fourth-order valence-electron chi connectivity index (χ4n) is 4.30. The highest BCUT2D eigenvalue weighted by Gasteiger charge is 2.40. The minimum absolute atomic E-state index is 0.241. The molecule has 0 radical (unpaired) electrons. The first-order valence-corrected chi connectivity index (χ1v) is 16.3. The van der Waals surface area contributed by atoms with Crippen LogP contribution < -0.4 is 10.0 Å². The Kier molecular flexibility index (Phi) is 12.3. The average Bonchev–Trinajstić information content (AvgIpc) is 2.89. The van der Waals surface area contributed by atoms with Crippen molar-refractivity contribution in [1.82, 2.24) is 10.0 Å². The third-order valence-electron chi connectivity index (χ3n) is 6.34. The van der Waals surface area contributed by atoms with Gasteiger partial charge in [0.15, 0.2) is 9.84 Å². The molecule has 8 nitrogen and oxygen atoms in total. The van der Waals surface area contributed by atoms with Crippen molar-refractivity contribution in [2.24, 2.45) is 0 Å². The highest BCUT2D eigenvalue weighted by Crippen LogP contribution is 2.40. The monoisotopic (exact) mass is 648 g/mol. The minimum atomic E-state index is -4.98. The van der Waals surface area contributed by atoms with Crippen molar-refractivity contribution >= 4 is 26.3 Å². The zero-order valence-electron chi connectivity index (χ0n) is 24.0. The van der Waals surface area contributed by atoms with Crippen LogP contribution >= 0.6 is 0 Å². The molecule has 1 heterocycles. The number of carbonyl (C=O) groups is 1. The molecule has 3 rings (SSSR count). The summed E-state index contributed by atoms with van der Waals surface area (Å²) < 4.78 is 116. The van der Waals surface area contributed by atoms with Crippen LogP contribution in [-0.4, -0.2) is 48.0 Å². The summed E-state index contributed by atoms with van der Waals surface area (Å²) in [6, 6.07) is 6.46. The number of sulfonamides is 1. The van der Waals surface area contributed by atoms with E-state index < -0.39 is 64.4 Å². The predicted molar refractivity (Wildman–Crippen MR) is 156 cm³/mol. The molecule has 0 aromatic heterocycles. The summed E-state index contributed by atoms with van der Waals surface area (Å²) in [6.07, 6.45) is -2.31. The Morgan fingerprint density at radius 2 is 1.53 bits per heavy atom. The molecule has 2 unspecified atom stereocenters. The van der Waals surface area contributed by atoms with Crippen molar-refractivity contribution in [2.75, 3.05) is 13.1 Å². The topological polar surface area (TPSA) is 119 Å². The van der Waals surface area contributed by atoms with Gasteiger partial charge < -0.3 is 10.1 Å². The molecule has 2 atom stereocenters. The zero-order chi connectivity index (χ0) is 32.6. The maximum atomic E-state index is 14.4. The Morgan fingerprint density at radius 3 is 2.00 bits per heavy atom. The van der Waals surface area contributed by atoms with E-state index in [1.54, 1.807) is 0 Å². The Morgan fingerprint density at radius 1 is 0.953 bits per heavy atom. The van der Waals surface area contributed by atoms with E-state index in [2.05, 4.69) is 27.9 Å². The van der Waals surface area contributed by atoms with Crippen LogP contribution in [0, 0.1) is 5.82 Å². The van der Waals surface area contributed by atoms with E-state index in [9.17, 15) is 39.2 Å². The standard InChI is InChI=1S/C24H26F4N2O4S2.C5H10O2/c1-3-22(18-7-5-6-8-21(18)25)35(31,32)17-9-10-20(24(26,27)28)19(15-17)23(4-2)36(33,34)30-16-11-13-29-14-12-16;1-5(2,3)7-4-6/h3-10,15-16,22-23,29-30H,1-2,11-14H2;4H,1-3H3. The van der Waals surface area contributed by atoms with E-state index >= 15 is 0 Å². The average molecular weight is 649 g/mol. The first kappa shape index (κ1) is 36.1. The molecule has 2 aromatic carbocycles. The van der Waals surface area contributed by atoms with Gasteiger partial charge in [0, 0.05) is 11.6 Å². The molecule has 238 valence electrons. The highest BCUT2D eigenvalue weighted by molar-refractivity contribution is 7.92. The normalized spacial score (nSPS) is 16.3. The number of hydrogen-bond donors (Lipinski definition) is 2. The second-order valence-electron chi connectivity index (χ2n) is 10.6. The van der Waals surface area contributed by atoms with Crippen molar-refractivity contribution in [3.05, 3.63) is 90.3 Å². The molecule has 0 aliphatic carbocycles. The number of rotatable bonds is 10. The lowest BCUT2D eigenvalue weighted by molar-refractivity contribution is -0.139. The van der Waals surface area contributed by atoms with Crippen molar-refractivity contribution in [1.29, 1.82) is 0 Å². The van der Waals surface area contributed by atoms with Gasteiger partial charge in [0.05, 0.1) is 10.5 Å². The van der Waals surface area contributed by atoms with Crippen LogP contribution in [0.3, 0.4) is 0 Å². The number of nitrogens with one attached hydrogen (secondary N) is 2. The van der Waals surface area contributed by atoms with Gasteiger partial charge in [-0.2, -0.15) is 13.2 Å². The van der Waals surface area contributed by atoms with E-state index in [-0.39, 0.29) is 11.2 Å². The van der Waals surface area contributed by atoms with Gasteiger partial charge in [0.1, 0.15) is 21.9 Å². The van der Waals surface area contributed by atoms with E-state index in [1.165, 1.54) is 18.2 Å². The summed E-state index contributed by atoms with van der Waals surface area (Å²) in [5.41, 5.74) is -2.67. The Labute approximate surface area is 250 Å². The van der Waals surface area contributed by atoms with Gasteiger partial charge in [-0.05, 0) is 76.5 Å². The summed E-state index contributed by atoms with van der Waals surface area (Å²) >= 11 is 0. The van der Waals surface area contributed by atoms with Crippen LogP contribution in [0.5, 0.6) is 0 Å². The van der Waals surface area contributed by atoms with Gasteiger partial charge in [-0.1, -0.05) is 30.4 Å². The van der Waals surface area contributed by atoms with Gasteiger partial charge in [0.2, 0.25) is 10.0 Å². The van der Waals surface area contributed by atoms with Crippen LogP contribution in [0.4, 0.5) is 17.6 Å². The van der Waals surface area contributed by atoms with Gasteiger partial charge in [-0.3, -0.25) is 4.79 Å². The number of hydrogen-bond acceptors (Lipinski definition) is 7. The smallest absolute Gasteiger partial charge is 0.416 e. The molecule has 1 aliphatic rings. The van der Waals surface area contributed by atoms with Crippen molar-refractivity contribution in [2.45, 2.75) is 66.8 Å². The summed E-state index contributed by atoms with van der Waals surface area (Å²) in [5.74, 6) is -0.837. The molecular weight excluding hydrogens is 612 g/mol. The number of alkyl halides is 3. The van der Waals surface area contributed by atoms with Gasteiger partial charge >= 0.3 is 6.18 Å². The maximum Gasteiger partial charge on any atom is 0.416 e. The van der Waals surface area contributed by atoms with Gasteiger partial charge in [-0.15, -0.1) is 13.2 Å². The van der Waals surface area contributed by atoms with E-state index in [0.717, 1.165) is 24.3 Å². The molecule has 1 saturated heterocycles. The lowest BCUT2D eigenvalue weighted by Crippen LogP contribution is -2.44. The number of ether oxygens (including phenoxy) is 1. The third-order valence-corrected chi connectivity index (χ3v) is 10.1.